The molecule has 138 valence electrons. The van der Waals surface area contributed by atoms with Crippen LogP contribution in [-0.2, 0) is 19.1 Å². The standard InChI is InChI=1S/C17H30N2O4S/c1-16(2,3)12(18-15(24)23-17(4,5)6)13(20)19-10-8-9-11(19)14(21)22-7/h11-12H,8-10H2,1-7H3,(H,18,24)/t11-,12?/m0/s1. The van der Waals surface area contributed by atoms with Gasteiger partial charge in [-0.1, -0.05) is 20.8 Å². The number of likely N-dealkylation sites (tertiary alicyclic amines) is 1. The number of hydrogen-bond donors (Lipinski definition) is 1. The first-order chi connectivity index (χ1) is 10.9. The first kappa shape index (κ1) is 20.7. The van der Waals surface area contributed by atoms with E-state index >= 15 is 0 Å². The highest BCUT2D eigenvalue weighted by Crippen LogP contribution is 2.26. The smallest absolute Gasteiger partial charge is 0.328 e. The van der Waals surface area contributed by atoms with Crippen molar-refractivity contribution in [2.24, 2.45) is 5.41 Å². The highest BCUT2D eigenvalue weighted by molar-refractivity contribution is 7.80. The van der Waals surface area contributed by atoms with Crippen LogP contribution in [0.5, 0.6) is 0 Å². The third-order valence-electron chi connectivity index (χ3n) is 3.78. The Balaban J connectivity index is 2.94. The number of nitrogens with one attached hydrogen (secondary N) is 1. The number of hydrogen-bond acceptors (Lipinski definition) is 5. The summed E-state index contributed by atoms with van der Waals surface area (Å²) in [4.78, 5) is 26.6. The number of nitrogens with zero attached hydrogens (tertiary/aromatic N) is 1. The van der Waals surface area contributed by atoms with Gasteiger partial charge in [-0.05, 0) is 51.2 Å². The van der Waals surface area contributed by atoms with E-state index in [1.165, 1.54) is 7.11 Å². The third kappa shape index (κ3) is 5.61. The van der Waals surface area contributed by atoms with Gasteiger partial charge in [0.15, 0.2) is 0 Å². The molecule has 7 heteroatoms. The Morgan fingerprint density at radius 2 is 1.79 bits per heavy atom. The number of methoxy groups -OCH3 is 1. The van der Waals surface area contributed by atoms with Crippen LogP contribution >= 0.6 is 12.2 Å². The van der Waals surface area contributed by atoms with Gasteiger partial charge in [0.1, 0.15) is 17.7 Å². The lowest BCUT2D eigenvalue weighted by Crippen LogP contribution is -2.57. The summed E-state index contributed by atoms with van der Waals surface area (Å²) in [6.07, 6.45) is 1.41. The van der Waals surface area contributed by atoms with Gasteiger partial charge in [0.05, 0.1) is 7.11 Å². The summed E-state index contributed by atoms with van der Waals surface area (Å²) < 4.78 is 10.5. The molecule has 1 unspecified atom stereocenters. The van der Waals surface area contributed by atoms with Crippen molar-refractivity contribution in [2.45, 2.75) is 72.1 Å². The lowest BCUT2D eigenvalue weighted by Gasteiger charge is -2.36. The summed E-state index contributed by atoms with van der Waals surface area (Å²) in [5, 5.41) is 3.22. The van der Waals surface area contributed by atoms with Crippen LogP contribution in [0.15, 0.2) is 0 Å². The molecular formula is C17H30N2O4S. The molecule has 0 aromatic rings. The second kappa shape index (κ2) is 7.68. The van der Waals surface area contributed by atoms with Crippen LogP contribution in [-0.4, -0.2) is 53.3 Å². The fourth-order valence-corrected chi connectivity index (χ4v) is 3.02. The molecule has 24 heavy (non-hydrogen) atoms. The monoisotopic (exact) mass is 358 g/mol. The molecule has 1 saturated heterocycles. The molecule has 1 rings (SSSR count). The number of amides is 1. The SMILES string of the molecule is COC(=O)[C@@H]1CCCN1C(=O)C(NC(=S)OC(C)(C)C)C(C)(C)C. The summed E-state index contributed by atoms with van der Waals surface area (Å²) in [6.45, 7) is 12.1. The van der Waals surface area contributed by atoms with Gasteiger partial charge >= 0.3 is 5.97 Å². The Hall–Kier alpha value is -1.37. The van der Waals surface area contributed by atoms with Crippen molar-refractivity contribution in [3.63, 3.8) is 0 Å². The maximum absolute atomic E-state index is 13.1. The Morgan fingerprint density at radius 3 is 2.25 bits per heavy atom. The molecule has 0 bridgehead atoms. The first-order valence-corrected chi connectivity index (χ1v) is 8.65. The molecule has 0 aliphatic carbocycles. The van der Waals surface area contributed by atoms with Crippen molar-refractivity contribution in [1.29, 1.82) is 0 Å². The highest BCUT2D eigenvalue weighted by atomic mass is 32.1. The average molecular weight is 359 g/mol. The molecular weight excluding hydrogens is 328 g/mol. The van der Waals surface area contributed by atoms with E-state index in [-0.39, 0.29) is 17.1 Å². The molecule has 1 N–H and O–H groups in total. The van der Waals surface area contributed by atoms with Gasteiger partial charge in [0.25, 0.3) is 5.17 Å². The van der Waals surface area contributed by atoms with E-state index in [0.717, 1.165) is 6.42 Å². The number of esters is 1. The number of carbonyl (C=O) groups is 2. The number of carbonyl (C=O) groups excluding carboxylic acids is 2. The van der Waals surface area contributed by atoms with Crippen molar-refractivity contribution >= 4 is 29.3 Å². The minimum atomic E-state index is -0.586. The molecule has 0 spiro atoms. The van der Waals surface area contributed by atoms with Crippen molar-refractivity contribution in [2.75, 3.05) is 13.7 Å². The fraction of sp³-hybridized carbons (Fsp3) is 0.824. The molecule has 0 saturated carbocycles. The largest absolute Gasteiger partial charge is 0.467 e. The summed E-state index contributed by atoms with van der Waals surface area (Å²) in [7, 11) is 1.34. The fourth-order valence-electron chi connectivity index (χ4n) is 2.65. The van der Waals surface area contributed by atoms with E-state index in [1.807, 2.05) is 41.5 Å². The van der Waals surface area contributed by atoms with Crippen LogP contribution in [0.4, 0.5) is 0 Å². The Morgan fingerprint density at radius 1 is 1.21 bits per heavy atom. The summed E-state index contributed by atoms with van der Waals surface area (Å²) in [6, 6.07) is -1.11. The predicted molar refractivity (Wildman–Crippen MR) is 96.6 cm³/mol. The lowest BCUT2D eigenvalue weighted by atomic mass is 9.85. The number of rotatable bonds is 3. The van der Waals surface area contributed by atoms with Crippen LogP contribution < -0.4 is 5.32 Å². The van der Waals surface area contributed by atoms with Crippen molar-refractivity contribution in [1.82, 2.24) is 10.2 Å². The average Bonchev–Trinajstić information content (AvgIpc) is 2.89. The number of thiocarbonyl (C=S) groups is 1. The van der Waals surface area contributed by atoms with Crippen molar-refractivity contribution in [3.8, 4) is 0 Å². The first-order valence-electron chi connectivity index (χ1n) is 8.24. The van der Waals surface area contributed by atoms with Crippen molar-refractivity contribution in [3.05, 3.63) is 0 Å². The maximum Gasteiger partial charge on any atom is 0.328 e. The molecule has 1 heterocycles. The van der Waals surface area contributed by atoms with Gasteiger partial charge in [-0.15, -0.1) is 0 Å². The van der Waals surface area contributed by atoms with E-state index in [9.17, 15) is 9.59 Å². The Kier molecular flexibility index (Phi) is 6.61. The second-order valence-corrected chi connectivity index (χ2v) is 8.53. The Bertz CT molecular complexity index is 494. The molecule has 1 aliphatic heterocycles. The van der Waals surface area contributed by atoms with Crippen LogP contribution in [0.2, 0.25) is 0 Å². The zero-order valence-electron chi connectivity index (χ0n) is 15.8. The molecule has 1 fully saturated rings. The molecule has 0 aromatic heterocycles. The Labute approximate surface area is 150 Å². The quantitative estimate of drug-likeness (QED) is 0.616. The second-order valence-electron chi connectivity index (χ2n) is 8.16. The minimum Gasteiger partial charge on any atom is -0.467 e. The molecule has 1 amide bonds. The normalized spacial score (nSPS) is 19.6. The third-order valence-corrected chi connectivity index (χ3v) is 3.98. The molecule has 0 radical (unpaired) electrons. The zero-order valence-corrected chi connectivity index (χ0v) is 16.6. The predicted octanol–water partition coefficient (Wildman–Crippen LogP) is 2.25. The van der Waals surface area contributed by atoms with Gasteiger partial charge in [0.2, 0.25) is 5.91 Å². The molecule has 6 nitrogen and oxygen atoms in total. The minimum absolute atomic E-state index is 0.157. The van der Waals surface area contributed by atoms with Gasteiger partial charge in [0, 0.05) is 6.54 Å². The van der Waals surface area contributed by atoms with Crippen LogP contribution in [0.25, 0.3) is 0 Å². The van der Waals surface area contributed by atoms with Gasteiger partial charge in [-0.3, -0.25) is 4.79 Å². The van der Waals surface area contributed by atoms with Gasteiger partial charge in [-0.25, -0.2) is 4.79 Å². The van der Waals surface area contributed by atoms with Gasteiger partial charge < -0.3 is 19.7 Å². The van der Waals surface area contributed by atoms with E-state index in [2.05, 4.69) is 5.32 Å². The molecule has 1 aliphatic rings. The van der Waals surface area contributed by atoms with Crippen molar-refractivity contribution < 1.29 is 19.1 Å². The molecule has 0 aromatic carbocycles. The highest BCUT2D eigenvalue weighted by Gasteiger charge is 2.42. The maximum atomic E-state index is 13.1. The van der Waals surface area contributed by atoms with Crippen LogP contribution in [0.3, 0.4) is 0 Å². The van der Waals surface area contributed by atoms with E-state index in [1.54, 1.807) is 4.90 Å². The lowest BCUT2D eigenvalue weighted by molar-refractivity contribution is -0.152. The topological polar surface area (TPSA) is 67.9 Å². The zero-order chi connectivity index (χ0) is 18.7. The van der Waals surface area contributed by atoms with E-state index in [0.29, 0.717) is 13.0 Å². The van der Waals surface area contributed by atoms with Crippen LogP contribution in [0.1, 0.15) is 54.4 Å². The van der Waals surface area contributed by atoms with E-state index in [4.69, 9.17) is 21.7 Å². The van der Waals surface area contributed by atoms with Crippen LogP contribution in [0, 0.1) is 5.41 Å². The summed E-state index contributed by atoms with van der Waals surface area (Å²) >= 11 is 5.25. The number of ether oxygens (including phenoxy) is 2. The summed E-state index contributed by atoms with van der Waals surface area (Å²) in [5.41, 5.74) is -0.844. The summed E-state index contributed by atoms with van der Waals surface area (Å²) in [5.74, 6) is -0.530. The molecule has 2 atom stereocenters. The van der Waals surface area contributed by atoms with E-state index < -0.39 is 23.1 Å². The van der Waals surface area contributed by atoms with Gasteiger partial charge in [-0.2, -0.15) is 0 Å².